The second kappa shape index (κ2) is 7.27. The zero-order chi connectivity index (χ0) is 16.9. The molecule has 2 aromatic heterocycles. The van der Waals surface area contributed by atoms with Crippen molar-refractivity contribution in [3.8, 4) is 11.3 Å². The first-order valence-corrected chi connectivity index (χ1v) is 8.07. The molecular weight excluding hydrogens is 322 g/mol. The van der Waals surface area contributed by atoms with Gasteiger partial charge in [-0.15, -0.1) is 0 Å². The van der Waals surface area contributed by atoms with Gasteiger partial charge in [0, 0.05) is 30.1 Å². The van der Waals surface area contributed by atoms with Crippen LogP contribution < -0.4 is 10.6 Å². The van der Waals surface area contributed by atoms with Gasteiger partial charge >= 0.3 is 0 Å². The summed E-state index contributed by atoms with van der Waals surface area (Å²) in [6.45, 7) is 4.09. The van der Waals surface area contributed by atoms with Crippen molar-refractivity contribution >= 4 is 29.1 Å². The smallest absolute Gasteiger partial charge is 0.225 e. The first-order chi connectivity index (χ1) is 11.6. The van der Waals surface area contributed by atoms with Gasteiger partial charge in [-0.2, -0.15) is 4.98 Å². The summed E-state index contributed by atoms with van der Waals surface area (Å²) in [4.78, 5) is 13.3. The van der Waals surface area contributed by atoms with E-state index < -0.39 is 0 Å². The lowest BCUT2D eigenvalue weighted by Gasteiger charge is -2.13. The van der Waals surface area contributed by atoms with Gasteiger partial charge in [-0.25, -0.2) is 4.98 Å². The van der Waals surface area contributed by atoms with E-state index >= 15 is 0 Å². The Morgan fingerprint density at radius 3 is 2.58 bits per heavy atom. The number of anilines is 3. The fourth-order valence-electron chi connectivity index (χ4n) is 2.20. The highest BCUT2D eigenvalue weighted by Gasteiger charge is 2.09. The van der Waals surface area contributed by atoms with E-state index in [4.69, 9.17) is 11.6 Å². The molecule has 0 amide bonds. The number of pyridine rings is 1. The average molecular weight is 340 g/mol. The molecule has 3 rings (SSSR count). The summed E-state index contributed by atoms with van der Waals surface area (Å²) in [5.74, 6) is 1.22. The highest BCUT2D eigenvalue weighted by Crippen LogP contribution is 2.27. The van der Waals surface area contributed by atoms with Crippen molar-refractivity contribution in [2.75, 3.05) is 10.6 Å². The number of halogens is 1. The normalized spacial score (nSPS) is 10.7. The van der Waals surface area contributed by atoms with E-state index in [1.165, 1.54) is 0 Å². The zero-order valence-corrected chi connectivity index (χ0v) is 14.2. The van der Waals surface area contributed by atoms with Crippen LogP contribution in [0, 0.1) is 0 Å². The molecule has 0 unspecified atom stereocenters. The Bertz CT molecular complexity index is 821. The minimum Gasteiger partial charge on any atom is -0.352 e. The molecule has 0 atom stereocenters. The van der Waals surface area contributed by atoms with Crippen molar-refractivity contribution in [3.05, 3.63) is 59.9 Å². The second-order valence-electron chi connectivity index (χ2n) is 5.61. The van der Waals surface area contributed by atoms with Crippen molar-refractivity contribution < 1.29 is 0 Å². The quantitative estimate of drug-likeness (QED) is 0.702. The molecule has 2 N–H and O–H groups in total. The minimum absolute atomic E-state index is 0.224. The van der Waals surface area contributed by atoms with E-state index in [-0.39, 0.29) is 6.04 Å². The molecule has 0 aliphatic heterocycles. The van der Waals surface area contributed by atoms with Crippen molar-refractivity contribution in [2.45, 2.75) is 19.9 Å². The molecule has 3 aromatic rings. The number of hydrogen-bond acceptors (Lipinski definition) is 5. The average Bonchev–Trinajstić information content (AvgIpc) is 2.57. The van der Waals surface area contributed by atoms with Crippen LogP contribution in [-0.2, 0) is 0 Å². The fourth-order valence-corrected chi connectivity index (χ4v) is 2.38. The molecule has 0 aliphatic carbocycles. The molecule has 1 aromatic carbocycles. The third-order valence-corrected chi connectivity index (χ3v) is 3.57. The molecule has 0 spiro atoms. The Morgan fingerprint density at radius 1 is 1.04 bits per heavy atom. The molecule has 0 bridgehead atoms. The van der Waals surface area contributed by atoms with Crippen molar-refractivity contribution in [3.63, 3.8) is 0 Å². The number of aromatic nitrogens is 3. The predicted molar refractivity (Wildman–Crippen MR) is 98.8 cm³/mol. The van der Waals surface area contributed by atoms with Crippen LogP contribution in [0.2, 0.25) is 5.02 Å². The summed E-state index contributed by atoms with van der Waals surface area (Å²) < 4.78 is 0. The van der Waals surface area contributed by atoms with E-state index in [1.54, 1.807) is 12.4 Å². The fraction of sp³-hybridized carbons (Fsp3) is 0.167. The van der Waals surface area contributed by atoms with Crippen LogP contribution in [0.1, 0.15) is 13.8 Å². The lowest BCUT2D eigenvalue weighted by molar-refractivity contribution is 0.876. The number of benzene rings is 1. The van der Waals surface area contributed by atoms with Crippen LogP contribution in [0.3, 0.4) is 0 Å². The summed E-state index contributed by atoms with van der Waals surface area (Å²) in [5.41, 5.74) is 2.51. The number of rotatable bonds is 5. The largest absolute Gasteiger partial charge is 0.352 e. The molecule has 5 nitrogen and oxygen atoms in total. The van der Waals surface area contributed by atoms with Crippen LogP contribution in [0.4, 0.5) is 17.5 Å². The Morgan fingerprint density at radius 2 is 1.88 bits per heavy atom. The molecular formula is C18H18ClN5. The van der Waals surface area contributed by atoms with Crippen molar-refractivity contribution in [1.29, 1.82) is 0 Å². The zero-order valence-electron chi connectivity index (χ0n) is 13.5. The SMILES string of the molecule is CC(C)Nc1nc(Nc2ccccc2Cl)cc(-c2cccnc2)n1. The van der Waals surface area contributed by atoms with Gasteiger partial charge in [-0.05, 0) is 38.1 Å². The third-order valence-electron chi connectivity index (χ3n) is 3.24. The molecule has 0 fully saturated rings. The maximum absolute atomic E-state index is 6.22. The minimum atomic E-state index is 0.224. The molecule has 2 heterocycles. The monoisotopic (exact) mass is 339 g/mol. The van der Waals surface area contributed by atoms with Gasteiger partial charge in [-0.1, -0.05) is 23.7 Å². The molecule has 0 saturated heterocycles. The highest BCUT2D eigenvalue weighted by atomic mass is 35.5. The van der Waals surface area contributed by atoms with E-state index in [2.05, 4.69) is 25.6 Å². The Hall–Kier alpha value is -2.66. The van der Waals surface area contributed by atoms with Gasteiger partial charge in [0.25, 0.3) is 0 Å². The highest BCUT2D eigenvalue weighted by molar-refractivity contribution is 6.33. The number of nitrogens with zero attached hydrogens (tertiary/aromatic N) is 3. The molecule has 122 valence electrons. The molecule has 6 heteroatoms. The third kappa shape index (κ3) is 4.00. The topological polar surface area (TPSA) is 62.7 Å². The number of para-hydroxylation sites is 1. The maximum atomic E-state index is 6.22. The number of nitrogens with one attached hydrogen (secondary N) is 2. The van der Waals surface area contributed by atoms with Crippen LogP contribution in [0.5, 0.6) is 0 Å². The molecule has 0 aliphatic rings. The van der Waals surface area contributed by atoms with Gasteiger partial charge < -0.3 is 10.6 Å². The Kier molecular flexibility index (Phi) is 4.91. The van der Waals surface area contributed by atoms with Gasteiger partial charge in [0.1, 0.15) is 5.82 Å². The van der Waals surface area contributed by atoms with E-state index in [0.717, 1.165) is 16.9 Å². The van der Waals surface area contributed by atoms with Crippen molar-refractivity contribution in [1.82, 2.24) is 15.0 Å². The Balaban J connectivity index is 2.00. The van der Waals surface area contributed by atoms with Crippen LogP contribution in [0.15, 0.2) is 54.9 Å². The first kappa shape index (κ1) is 16.2. The van der Waals surface area contributed by atoms with E-state index in [9.17, 15) is 0 Å². The molecule has 24 heavy (non-hydrogen) atoms. The standard InChI is InChI=1S/C18H18ClN5/c1-12(2)21-18-23-16(13-6-5-9-20-11-13)10-17(24-18)22-15-8-4-3-7-14(15)19/h3-12H,1-2H3,(H2,21,22,23,24). The van der Waals surface area contributed by atoms with Gasteiger partial charge in [0.2, 0.25) is 5.95 Å². The lowest BCUT2D eigenvalue weighted by Crippen LogP contribution is -2.13. The summed E-state index contributed by atoms with van der Waals surface area (Å²) in [6, 6.07) is 13.5. The first-order valence-electron chi connectivity index (χ1n) is 7.69. The molecule has 0 saturated carbocycles. The summed E-state index contributed by atoms with van der Waals surface area (Å²) in [5, 5.41) is 7.13. The van der Waals surface area contributed by atoms with E-state index in [0.29, 0.717) is 16.8 Å². The molecule has 0 radical (unpaired) electrons. The Labute approximate surface area is 146 Å². The van der Waals surface area contributed by atoms with Crippen LogP contribution >= 0.6 is 11.6 Å². The van der Waals surface area contributed by atoms with E-state index in [1.807, 2.05) is 56.3 Å². The second-order valence-corrected chi connectivity index (χ2v) is 6.01. The van der Waals surface area contributed by atoms with Gasteiger partial charge in [0.15, 0.2) is 0 Å². The van der Waals surface area contributed by atoms with Gasteiger partial charge in [-0.3, -0.25) is 4.98 Å². The summed E-state index contributed by atoms with van der Waals surface area (Å²) in [7, 11) is 0. The summed E-state index contributed by atoms with van der Waals surface area (Å²) in [6.07, 6.45) is 3.52. The van der Waals surface area contributed by atoms with Crippen LogP contribution in [0.25, 0.3) is 11.3 Å². The summed E-state index contributed by atoms with van der Waals surface area (Å²) >= 11 is 6.22. The van der Waals surface area contributed by atoms with Crippen molar-refractivity contribution in [2.24, 2.45) is 0 Å². The number of hydrogen-bond donors (Lipinski definition) is 2. The lowest BCUT2D eigenvalue weighted by atomic mass is 10.2. The maximum Gasteiger partial charge on any atom is 0.225 e. The predicted octanol–water partition coefficient (Wildman–Crippen LogP) is 4.76. The van der Waals surface area contributed by atoms with Crippen LogP contribution in [-0.4, -0.2) is 21.0 Å². The van der Waals surface area contributed by atoms with Gasteiger partial charge in [0.05, 0.1) is 16.4 Å².